The molecule has 0 aliphatic carbocycles. The second-order valence-corrected chi connectivity index (χ2v) is 3.88. The maximum atomic E-state index is 13.1. The highest BCUT2D eigenvalue weighted by Gasteiger charge is 2.34. The Bertz CT molecular complexity index is 400. The molecule has 1 aliphatic heterocycles. The van der Waals surface area contributed by atoms with Crippen LogP contribution in [0.4, 0.5) is 4.39 Å². The number of likely N-dealkylation sites (tertiary alicyclic amines) is 1. The monoisotopic (exact) mass is 240 g/mol. The zero-order valence-electron chi connectivity index (χ0n) is 9.34. The standard InChI is InChI=1S/C11H13FN2O3/c1-17-10-3-2-7(4-13-10)11(16)14-5-8(12)9(15)6-14/h2-4,8-9,15H,5-6H2,1H3/t8-,9-/m1/s1. The van der Waals surface area contributed by atoms with Crippen LogP contribution in [0.2, 0.25) is 0 Å². The van der Waals surface area contributed by atoms with Gasteiger partial charge in [0, 0.05) is 18.8 Å². The Morgan fingerprint density at radius 3 is 2.82 bits per heavy atom. The van der Waals surface area contributed by atoms with E-state index in [4.69, 9.17) is 4.74 Å². The van der Waals surface area contributed by atoms with Crippen molar-refractivity contribution in [3.63, 3.8) is 0 Å². The van der Waals surface area contributed by atoms with Gasteiger partial charge in [0.2, 0.25) is 5.88 Å². The summed E-state index contributed by atoms with van der Waals surface area (Å²) in [6.45, 7) is -0.0575. The number of aromatic nitrogens is 1. The normalized spacial score (nSPS) is 23.8. The van der Waals surface area contributed by atoms with Crippen molar-refractivity contribution in [2.24, 2.45) is 0 Å². The number of aliphatic hydroxyl groups is 1. The maximum absolute atomic E-state index is 13.1. The van der Waals surface area contributed by atoms with E-state index >= 15 is 0 Å². The van der Waals surface area contributed by atoms with Crippen LogP contribution in [-0.4, -0.2) is 53.4 Å². The number of pyridine rings is 1. The molecule has 17 heavy (non-hydrogen) atoms. The van der Waals surface area contributed by atoms with E-state index in [1.54, 1.807) is 12.1 Å². The third-order valence-electron chi connectivity index (χ3n) is 2.70. The van der Waals surface area contributed by atoms with Crippen LogP contribution < -0.4 is 4.74 Å². The van der Waals surface area contributed by atoms with Gasteiger partial charge in [0.1, 0.15) is 12.3 Å². The Kier molecular flexibility index (Phi) is 3.23. The van der Waals surface area contributed by atoms with Crippen LogP contribution in [-0.2, 0) is 0 Å². The molecule has 0 unspecified atom stereocenters. The number of methoxy groups -OCH3 is 1. The first-order chi connectivity index (χ1) is 8.11. The minimum absolute atomic E-state index is 0.0199. The van der Waals surface area contributed by atoms with Gasteiger partial charge >= 0.3 is 0 Å². The van der Waals surface area contributed by atoms with Crippen molar-refractivity contribution in [1.29, 1.82) is 0 Å². The molecule has 2 atom stereocenters. The van der Waals surface area contributed by atoms with E-state index in [1.165, 1.54) is 18.2 Å². The average Bonchev–Trinajstić information content (AvgIpc) is 2.69. The highest BCUT2D eigenvalue weighted by Crippen LogP contribution is 2.17. The molecule has 0 spiro atoms. The summed E-state index contributed by atoms with van der Waals surface area (Å²) in [4.78, 5) is 17.1. The van der Waals surface area contributed by atoms with Crippen molar-refractivity contribution in [2.45, 2.75) is 12.3 Å². The first-order valence-electron chi connectivity index (χ1n) is 5.23. The molecule has 1 aromatic heterocycles. The third-order valence-corrected chi connectivity index (χ3v) is 2.70. The Morgan fingerprint density at radius 2 is 2.35 bits per heavy atom. The second-order valence-electron chi connectivity index (χ2n) is 3.88. The molecule has 5 nitrogen and oxygen atoms in total. The lowest BCUT2D eigenvalue weighted by Gasteiger charge is -2.14. The first-order valence-corrected chi connectivity index (χ1v) is 5.23. The number of halogens is 1. The SMILES string of the molecule is COc1ccc(C(=O)N2C[C@@H](O)[C@H](F)C2)cn1. The van der Waals surface area contributed by atoms with Crippen LogP contribution in [0.3, 0.4) is 0 Å². The fourth-order valence-electron chi connectivity index (χ4n) is 1.72. The zero-order chi connectivity index (χ0) is 12.4. The molecule has 1 saturated heterocycles. The highest BCUT2D eigenvalue weighted by atomic mass is 19.1. The van der Waals surface area contributed by atoms with E-state index in [0.717, 1.165) is 0 Å². The molecule has 0 saturated carbocycles. The van der Waals surface area contributed by atoms with Crippen LogP contribution in [0.25, 0.3) is 0 Å². The van der Waals surface area contributed by atoms with Gasteiger partial charge in [-0.3, -0.25) is 4.79 Å². The molecule has 6 heteroatoms. The second kappa shape index (κ2) is 4.67. The molecule has 1 aliphatic rings. The maximum Gasteiger partial charge on any atom is 0.255 e. The minimum atomic E-state index is -1.37. The largest absolute Gasteiger partial charge is 0.481 e. The average molecular weight is 240 g/mol. The van der Waals surface area contributed by atoms with Crippen LogP contribution >= 0.6 is 0 Å². The quantitative estimate of drug-likeness (QED) is 0.804. The lowest BCUT2D eigenvalue weighted by molar-refractivity contribution is 0.0764. The smallest absolute Gasteiger partial charge is 0.255 e. The summed E-state index contributed by atoms with van der Waals surface area (Å²) in [6.07, 6.45) is -1.09. The zero-order valence-corrected chi connectivity index (χ0v) is 9.34. The van der Waals surface area contributed by atoms with Crippen molar-refractivity contribution in [3.05, 3.63) is 23.9 Å². The lowest BCUT2D eigenvalue weighted by atomic mass is 10.2. The first kappa shape index (κ1) is 11.8. The summed E-state index contributed by atoms with van der Waals surface area (Å²) in [7, 11) is 1.48. The van der Waals surface area contributed by atoms with E-state index in [9.17, 15) is 14.3 Å². The number of amides is 1. The molecule has 0 bridgehead atoms. The van der Waals surface area contributed by atoms with E-state index in [0.29, 0.717) is 11.4 Å². The van der Waals surface area contributed by atoms with E-state index in [2.05, 4.69) is 4.98 Å². The fraction of sp³-hybridized carbons (Fsp3) is 0.455. The summed E-state index contributed by atoms with van der Waals surface area (Å²) in [5.74, 6) is 0.0747. The number of carbonyl (C=O) groups is 1. The van der Waals surface area contributed by atoms with E-state index in [1.807, 2.05) is 0 Å². The number of ether oxygens (including phenoxy) is 1. The molecule has 2 heterocycles. The number of carbonyl (C=O) groups excluding carboxylic acids is 1. The molecule has 1 amide bonds. The number of alkyl halides is 1. The highest BCUT2D eigenvalue weighted by molar-refractivity contribution is 5.94. The number of nitrogens with zero attached hydrogens (tertiary/aromatic N) is 2. The van der Waals surface area contributed by atoms with Crippen LogP contribution in [0, 0.1) is 0 Å². The molecule has 1 aromatic rings. The summed E-state index contributed by atoms with van der Waals surface area (Å²) >= 11 is 0. The van der Waals surface area contributed by atoms with E-state index < -0.39 is 12.3 Å². The van der Waals surface area contributed by atoms with Gasteiger partial charge in [-0.1, -0.05) is 0 Å². The van der Waals surface area contributed by atoms with Gasteiger partial charge in [-0.25, -0.2) is 9.37 Å². The lowest BCUT2D eigenvalue weighted by Crippen LogP contribution is -2.29. The third kappa shape index (κ3) is 2.36. The molecular weight excluding hydrogens is 227 g/mol. The minimum Gasteiger partial charge on any atom is -0.481 e. The molecule has 1 N–H and O–H groups in total. The number of β-amino-alcohol motifs (C(OH)–C–C–N with tert-alkyl or cyclic N) is 1. The van der Waals surface area contributed by atoms with Crippen LogP contribution in [0.1, 0.15) is 10.4 Å². The molecule has 2 rings (SSSR count). The van der Waals surface area contributed by atoms with Gasteiger partial charge in [0.25, 0.3) is 5.91 Å². The predicted octanol–water partition coefficient (Wildman–Crippen LogP) is 0.245. The summed E-state index contributed by atoms with van der Waals surface area (Å²) < 4.78 is 18.0. The number of aliphatic hydroxyl groups excluding tert-OH is 1. The van der Waals surface area contributed by atoms with Crippen LogP contribution in [0.5, 0.6) is 5.88 Å². The Morgan fingerprint density at radius 1 is 1.59 bits per heavy atom. The Balaban J connectivity index is 2.09. The van der Waals surface area contributed by atoms with Gasteiger partial charge in [-0.05, 0) is 6.07 Å². The number of rotatable bonds is 2. The van der Waals surface area contributed by atoms with E-state index in [-0.39, 0.29) is 19.0 Å². The predicted molar refractivity (Wildman–Crippen MR) is 57.6 cm³/mol. The fourth-order valence-corrected chi connectivity index (χ4v) is 1.72. The van der Waals surface area contributed by atoms with Crippen molar-refractivity contribution in [2.75, 3.05) is 20.2 Å². The number of hydrogen-bond donors (Lipinski definition) is 1. The summed E-state index contributed by atoms with van der Waals surface area (Å²) in [6, 6.07) is 3.12. The molecule has 1 fully saturated rings. The topological polar surface area (TPSA) is 62.7 Å². The number of hydrogen-bond acceptors (Lipinski definition) is 4. The molecule has 0 aromatic carbocycles. The molecule has 0 radical (unpaired) electrons. The van der Waals surface area contributed by atoms with Gasteiger partial charge in [-0.2, -0.15) is 0 Å². The summed E-state index contributed by atoms with van der Waals surface area (Å²) in [5.41, 5.74) is 0.354. The van der Waals surface area contributed by atoms with Crippen molar-refractivity contribution < 1.29 is 19.0 Å². The van der Waals surface area contributed by atoms with Gasteiger partial charge in [0.05, 0.1) is 19.2 Å². The van der Waals surface area contributed by atoms with Gasteiger partial charge in [0.15, 0.2) is 0 Å². The van der Waals surface area contributed by atoms with Crippen molar-refractivity contribution in [1.82, 2.24) is 9.88 Å². The van der Waals surface area contributed by atoms with Crippen LogP contribution in [0.15, 0.2) is 18.3 Å². The van der Waals surface area contributed by atoms with Gasteiger partial charge < -0.3 is 14.7 Å². The summed E-state index contributed by atoms with van der Waals surface area (Å²) in [5, 5.41) is 9.24. The molecule has 92 valence electrons. The van der Waals surface area contributed by atoms with Crippen molar-refractivity contribution in [3.8, 4) is 5.88 Å². The molecular formula is C11H13FN2O3. The van der Waals surface area contributed by atoms with Crippen molar-refractivity contribution >= 4 is 5.91 Å². The Hall–Kier alpha value is -1.69. The Labute approximate surface area is 97.8 Å². The van der Waals surface area contributed by atoms with Gasteiger partial charge in [-0.15, -0.1) is 0 Å².